The Hall–Kier alpha value is -2.14. The first kappa shape index (κ1) is 16.3. The maximum atomic E-state index is 13.0. The van der Waals surface area contributed by atoms with Crippen LogP contribution in [-0.2, 0) is 12.8 Å². The van der Waals surface area contributed by atoms with E-state index in [1.54, 1.807) is 11.9 Å². The number of nitrogens with zero attached hydrogens (tertiary/aromatic N) is 3. The number of para-hydroxylation sites is 1. The largest absolute Gasteiger partial charge is 0.391 e. The first-order valence-electron chi connectivity index (χ1n) is 9.16. The number of rotatable bonds is 5. The average molecular weight is 339 g/mol. The number of carbonyl (C=O) groups is 1. The van der Waals surface area contributed by atoms with E-state index < -0.39 is 6.10 Å². The van der Waals surface area contributed by atoms with Crippen LogP contribution in [0.2, 0.25) is 0 Å². The summed E-state index contributed by atoms with van der Waals surface area (Å²) in [4.78, 5) is 14.6. The van der Waals surface area contributed by atoms with Crippen LogP contribution in [0.4, 0.5) is 0 Å². The van der Waals surface area contributed by atoms with Gasteiger partial charge in [0.25, 0.3) is 5.91 Å². The molecule has 1 aromatic carbocycles. The molecule has 2 aliphatic carbocycles. The lowest BCUT2D eigenvalue weighted by Gasteiger charge is -2.20. The van der Waals surface area contributed by atoms with Gasteiger partial charge < -0.3 is 10.0 Å². The van der Waals surface area contributed by atoms with E-state index in [9.17, 15) is 9.90 Å². The van der Waals surface area contributed by atoms with Crippen LogP contribution in [0, 0.1) is 12.8 Å². The molecule has 0 bridgehead atoms. The quantitative estimate of drug-likeness (QED) is 0.911. The molecule has 0 unspecified atom stereocenters. The van der Waals surface area contributed by atoms with Crippen molar-refractivity contribution >= 4 is 5.91 Å². The summed E-state index contributed by atoms with van der Waals surface area (Å²) >= 11 is 0. The van der Waals surface area contributed by atoms with E-state index in [2.05, 4.69) is 19.1 Å². The molecule has 132 valence electrons. The molecule has 1 fully saturated rings. The summed E-state index contributed by atoms with van der Waals surface area (Å²) in [5.41, 5.74) is 4.99. The number of carbonyl (C=O) groups excluding carboxylic acids is 1. The van der Waals surface area contributed by atoms with Crippen molar-refractivity contribution < 1.29 is 9.90 Å². The van der Waals surface area contributed by atoms with Gasteiger partial charge in [0.15, 0.2) is 5.69 Å². The van der Waals surface area contributed by atoms with Crippen molar-refractivity contribution in [3.05, 3.63) is 46.8 Å². The second-order valence-corrected chi connectivity index (χ2v) is 7.42. The molecule has 0 radical (unpaired) electrons. The van der Waals surface area contributed by atoms with Crippen molar-refractivity contribution in [2.45, 2.75) is 45.1 Å². The van der Waals surface area contributed by atoms with Gasteiger partial charge in [0.1, 0.15) is 0 Å². The van der Waals surface area contributed by atoms with E-state index in [0.29, 0.717) is 18.2 Å². The van der Waals surface area contributed by atoms with Gasteiger partial charge in [-0.3, -0.25) is 4.79 Å². The molecule has 0 spiro atoms. The smallest absolute Gasteiger partial charge is 0.274 e. The number of aliphatic hydroxyl groups is 1. The summed E-state index contributed by atoms with van der Waals surface area (Å²) in [6.07, 6.45) is 4.65. The highest BCUT2D eigenvalue weighted by atomic mass is 16.3. The van der Waals surface area contributed by atoms with Gasteiger partial charge in [-0.2, -0.15) is 5.10 Å². The molecule has 25 heavy (non-hydrogen) atoms. The number of aryl methyl sites for hydroxylation is 1. The van der Waals surface area contributed by atoms with Gasteiger partial charge in [0, 0.05) is 24.8 Å². The van der Waals surface area contributed by atoms with Crippen molar-refractivity contribution in [3.63, 3.8) is 0 Å². The molecular formula is C20H25N3O2. The minimum atomic E-state index is -0.416. The molecule has 1 aromatic heterocycles. The molecule has 1 saturated carbocycles. The summed E-state index contributed by atoms with van der Waals surface area (Å²) in [6.45, 7) is 2.45. The Bertz CT molecular complexity index is 807. The molecule has 0 saturated heterocycles. The summed E-state index contributed by atoms with van der Waals surface area (Å²) in [7, 11) is 1.77. The Balaban J connectivity index is 1.65. The van der Waals surface area contributed by atoms with Gasteiger partial charge in [0.05, 0.1) is 11.8 Å². The van der Waals surface area contributed by atoms with E-state index in [1.165, 1.54) is 0 Å². The third kappa shape index (κ3) is 2.97. The SMILES string of the molecule is Cc1ccccc1-n1nc(C(=O)N(C)C[C@@H](O)C2CC2)c2c1CCC2. The van der Waals surface area contributed by atoms with E-state index in [-0.39, 0.29) is 5.91 Å². The Morgan fingerprint density at radius 2 is 2.12 bits per heavy atom. The molecule has 2 aliphatic rings. The molecule has 5 heteroatoms. The fraction of sp³-hybridized carbons (Fsp3) is 0.500. The molecular weight excluding hydrogens is 314 g/mol. The molecule has 2 aromatic rings. The normalized spacial score (nSPS) is 17.4. The van der Waals surface area contributed by atoms with Crippen molar-refractivity contribution in [1.29, 1.82) is 0 Å². The minimum Gasteiger partial charge on any atom is -0.391 e. The number of amides is 1. The molecule has 1 heterocycles. The first-order chi connectivity index (χ1) is 12.1. The second kappa shape index (κ2) is 6.30. The molecule has 0 aliphatic heterocycles. The van der Waals surface area contributed by atoms with Gasteiger partial charge in [-0.15, -0.1) is 0 Å². The van der Waals surface area contributed by atoms with Crippen LogP contribution in [0.25, 0.3) is 5.69 Å². The van der Waals surface area contributed by atoms with E-state index in [1.807, 2.05) is 16.8 Å². The number of hydrogen-bond donors (Lipinski definition) is 1. The molecule has 4 rings (SSSR count). The number of likely N-dealkylation sites (N-methyl/N-ethyl adjacent to an activating group) is 1. The number of aliphatic hydroxyl groups excluding tert-OH is 1. The monoisotopic (exact) mass is 339 g/mol. The highest BCUT2D eigenvalue weighted by molar-refractivity contribution is 5.94. The van der Waals surface area contributed by atoms with Crippen molar-refractivity contribution in [2.75, 3.05) is 13.6 Å². The van der Waals surface area contributed by atoms with Crippen molar-refractivity contribution in [3.8, 4) is 5.69 Å². The molecule has 1 atom stereocenters. The van der Waals surface area contributed by atoms with Crippen LogP contribution in [0.15, 0.2) is 24.3 Å². The highest BCUT2D eigenvalue weighted by Gasteiger charge is 2.33. The highest BCUT2D eigenvalue weighted by Crippen LogP contribution is 2.33. The van der Waals surface area contributed by atoms with Crippen LogP contribution in [0.3, 0.4) is 0 Å². The number of fused-ring (bicyclic) bond motifs is 1. The predicted molar refractivity (Wildman–Crippen MR) is 96.0 cm³/mol. The summed E-state index contributed by atoms with van der Waals surface area (Å²) < 4.78 is 1.95. The zero-order chi connectivity index (χ0) is 17.6. The van der Waals surface area contributed by atoms with Crippen LogP contribution in [0.5, 0.6) is 0 Å². The zero-order valence-corrected chi connectivity index (χ0v) is 14.9. The third-order valence-corrected chi connectivity index (χ3v) is 5.45. The fourth-order valence-electron chi connectivity index (χ4n) is 3.78. The lowest BCUT2D eigenvalue weighted by molar-refractivity contribution is 0.0639. The Labute approximate surface area is 148 Å². The van der Waals surface area contributed by atoms with Gasteiger partial charge in [-0.25, -0.2) is 4.68 Å². The van der Waals surface area contributed by atoms with Crippen LogP contribution >= 0.6 is 0 Å². The second-order valence-electron chi connectivity index (χ2n) is 7.42. The average Bonchev–Trinajstić information content (AvgIpc) is 3.24. The van der Waals surface area contributed by atoms with E-state index in [0.717, 1.165) is 54.6 Å². The van der Waals surface area contributed by atoms with Crippen LogP contribution < -0.4 is 0 Å². The first-order valence-corrected chi connectivity index (χ1v) is 9.16. The lowest BCUT2D eigenvalue weighted by Crippen LogP contribution is -2.35. The minimum absolute atomic E-state index is 0.0785. The summed E-state index contributed by atoms with van der Waals surface area (Å²) in [5, 5.41) is 14.8. The zero-order valence-electron chi connectivity index (χ0n) is 14.9. The van der Waals surface area contributed by atoms with Crippen LogP contribution in [-0.4, -0.2) is 45.4 Å². The Kier molecular flexibility index (Phi) is 4.12. The van der Waals surface area contributed by atoms with E-state index >= 15 is 0 Å². The summed E-state index contributed by atoms with van der Waals surface area (Å²) in [6, 6.07) is 8.14. The maximum absolute atomic E-state index is 13.0. The Morgan fingerprint density at radius 1 is 1.36 bits per heavy atom. The molecule has 5 nitrogen and oxygen atoms in total. The third-order valence-electron chi connectivity index (χ3n) is 5.45. The van der Waals surface area contributed by atoms with Crippen LogP contribution in [0.1, 0.15) is 46.6 Å². The van der Waals surface area contributed by atoms with Gasteiger partial charge in [-0.05, 0) is 56.6 Å². The topological polar surface area (TPSA) is 58.4 Å². The van der Waals surface area contributed by atoms with Gasteiger partial charge in [0.2, 0.25) is 0 Å². The molecule has 1 N–H and O–H groups in total. The van der Waals surface area contributed by atoms with Gasteiger partial charge >= 0.3 is 0 Å². The standard InChI is InChI=1S/C20H25N3O2/c1-13-6-3-4-8-16(13)23-17-9-5-7-15(17)19(21-23)20(25)22(2)12-18(24)14-10-11-14/h3-4,6,8,14,18,24H,5,7,9-12H2,1-2H3/t18-/m1/s1. The van der Waals surface area contributed by atoms with Gasteiger partial charge in [-0.1, -0.05) is 18.2 Å². The van der Waals surface area contributed by atoms with Crippen molar-refractivity contribution in [2.24, 2.45) is 5.92 Å². The number of benzene rings is 1. The van der Waals surface area contributed by atoms with E-state index in [4.69, 9.17) is 5.10 Å². The summed E-state index contributed by atoms with van der Waals surface area (Å²) in [5.74, 6) is 0.288. The molecule has 1 amide bonds. The number of aromatic nitrogens is 2. The van der Waals surface area contributed by atoms with Crippen molar-refractivity contribution in [1.82, 2.24) is 14.7 Å². The Morgan fingerprint density at radius 3 is 2.84 bits per heavy atom. The maximum Gasteiger partial charge on any atom is 0.274 e. The number of hydrogen-bond acceptors (Lipinski definition) is 3. The fourth-order valence-corrected chi connectivity index (χ4v) is 3.78. The lowest BCUT2D eigenvalue weighted by atomic mass is 10.1. The predicted octanol–water partition coefficient (Wildman–Crippen LogP) is 2.51.